The van der Waals surface area contributed by atoms with Crippen molar-refractivity contribution in [1.29, 1.82) is 0 Å². The Bertz CT molecular complexity index is 1520. The molecule has 0 fully saturated rings. The molecule has 4 aromatic rings. The highest BCUT2D eigenvalue weighted by molar-refractivity contribution is 7.89. The van der Waals surface area contributed by atoms with Crippen LogP contribution in [0.5, 0.6) is 0 Å². The Labute approximate surface area is 220 Å². The van der Waals surface area contributed by atoms with Gasteiger partial charge >= 0.3 is 5.97 Å². The normalized spacial score (nSPS) is 15.2. The van der Waals surface area contributed by atoms with Crippen LogP contribution in [0.2, 0.25) is 0 Å². The molecule has 194 valence electrons. The monoisotopic (exact) mass is 543 g/mol. The average molecular weight is 544 g/mol. The highest BCUT2D eigenvalue weighted by atomic mass is 35.5. The minimum atomic E-state index is -3.80. The van der Waals surface area contributed by atoms with Crippen molar-refractivity contribution in [1.82, 2.24) is 14.3 Å². The summed E-state index contributed by atoms with van der Waals surface area (Å²) >= 11 is 0. The molecule has 2 aromatic carbocycles. The number of hydrogen-bond donors (Lipinski definition) is 2. The summed E-state index contributed by atoms with van der Waals surface area (Å²) in [6.07, 6.45) is 5.98. The number of aliphatic carboxylic acids is 1. The van der Waals surface area contributed by atoms with Gasteiger partial charge in [-0.2, -0.15) is 0 Å². The zero-order valence-electron chi connectivity index (χ0n) is 19.9. The van der Waals surface area contributed by atoms with Crippen LogP contribution in [0.3, 0.4) is 0 Å². The number of benzene rings is 2. The lowest BCUT2D eigenvalue weighted by Crippen LogP contribution is -2.39. The van der Waals surface area contributed by atoms with Crippen molar-refractivity contribution in [2.75, 3.05) is 0 Å². The molecule has 0 saturated heterocycles. The standard InChI is InChI=1S/C27H26FN3O4S.ClH/c28-20-4-7-22(8-5-20)36(34,35)30-21-6-10-26-24(16-21)23-15-18(14-19-2-1-12-29-17-19)3-9-25(23)31(26)13-11-27(32)33;/h1-5,7-9,12,15,17,21,30H,6,10-11,13-14,16H2,(H,32,33);1H. The van der Waals surface area contributed by atoms with Crippen LogP contribution in [0.15, 0.2) is 71.9 Å². The number of hydrogen-bond acceptors (Lipinski definition) is 4. The number of aryl methyl sites for hydroxylation is 1. The Balaban J connectivity index is 0.00000320. The lowest BCUT2D eigenvalue weighted by atomic mass is 9.91. The maximum atomic E-state index is 13.3. The molecule has 10 heteroatoms. The number of halogens is 2. The number of sulfonamides is 1. The summed E-state index contributed by atoms with van der Waals surface area (Å²) in [5.41, 5.74) is 5.24. The number of fused-ring (bicyclic) bond motifs is 3. The third-order valence-corrected chi connectivity index (χ3v) is 8.19. The third-order valence-electron chi connectivity index (χ3n) is 6.66. The molecule has 2 aromatic heterocycles. The summed E-state index contributed by atoms with van der Waals surface area (Å²) in [4.78, 5) is 15.5. The zero-order chi connectivity index (χ0) is 25.3. The summed E-state index contributed by atoms with van der Waals surface area (Å²) in [5, 5.41) is 10.3. The van der Waals surface area contributed by atoms with E-state index in [9.17, 15) is 22.7 Å². The summed E-state index contributed by atoms with van der Waals surface area (Å²) in [6, 6.07) is 14.6. The number of nitrogens with one attached hydrogen (secondary N) is 1. The molecule has 1 unspecified atom stereocenters. The Morgan fingerprint density at radius 1 is 1.14 bits per heavy atom. The quantitative estimate of drug-likeness (QED) is 0.341. The van der Waals surface area contributed by atoms with E-state index in [0.717, 1.165) is 45.4 Å². The molecule has 2 N–H and O–H groups in total. The van der Waals surface area contributed by atoms with Gasteiger partial charge < -0.3 is 9.67 Å². The van der Waals surface area contributed by atoms with Crippen LogP contribution in [0.1, 0.15) is 35.2 Å². The van der Waals surface area contributed by atoms with E-state index in [-0.39, 0.29) is 29.8 Å². The van der Waals surface area contributed by atoms with Crippen LogP contribution in [-0.4, -0.2) is 35.1 Å². The maximum absolute atomic E-state index is 13.3. The van der Waals surface area contributed by atoms with Gasteiger partial charge in [-0.3, -0.25) is 9.78 Å². The summed E-state index contributed by atoms with van der Waals surface area (Å²) in [5.74, 6) is -1.35. The molecule has 1 atom stereocenters. The molecule has 0 spiro atoms. The third kappa shape index (κ3) is 5.84. The molecule has 7 nitrogen and oxygen atoms in total. The van der Waals surface area contributed by atoms with E-state index in [2.05, 4.69) is 20.3 Å². The van der Waals surface area contributed by atoms with Crippen molar-refractivity contribution < 1.29 is 22.7 Å². The first-order valence-corrected chi connectivity index (χ1v) is 13.3. The lowest BCUT2D eigenvalue weighted by molar-refractivity contribution is -0.137. The highest BCUT2D eigenvalue weighted by Crippen LogP contribution is 2.34. The SMILES string of the molecule is Cl.O=C(O)CCn1c2c(c3cc(Cc4cccnc4)ccc31)CC(NS(=O)(=O)c1ccc(F)cc1)CC2. The van der Waals surface area contributed by atoms with Crippen LogP contribution in [-0.2, 0) is 40.6 Å². The van der Waals surface area contributed by atoms with Crippen molar-refractivity contribution in [2.24, 2.45) is 0 Å². The van der Waals surface area contributed by atoms with Crippen LogP contribution in [0.25, 0.3) is 10.9 Å². The van der Waals surface area contributed by atoms with Gasteiger partial charge in [-0.15, -0.1) is 12.4 Å². The molecule has 37 heavy (non-hydrogen) atoms. The summed E-state index contributed by atoms with van der Waals surface area (Å²) < 4.78 is 44.0. The fraction of sp³-hybridized carbons (Fsp3) is 0.259. The van der Waals surface area contributed by atoms with Crippen molar-refractivity contribution >= 4 is 39.3 Å². The molecule has 0 bridgehead atoms. The van der Waals surface area contributed by atoms with Crippen molar-refractivity contribution in [3.05, 3.63) is 95.2 Å². The number of aromatic nitrogens is 2. The van der Waals surface area contributed by atoms with Crippen LogP contribution in [0, 0.1) is 5.82 Å². The second-order valence-corrected chi connectivity index (χ2v) is 10.8. The predicted molar refractivity (Wildman–Crippen MR) is 141 cm³/mol. The molecule has 0 aliphatic heterocycles. The summed E-state index contributed by atoms with van der Waals surface area (Å²) in [7, 11) is -3.80. The predicted octanol–water partition coefficient (Wildman–Crippen LogP) is 4.50. The molecule has 1 aliphatic carbocycles. The van der Waals surface area contributed by atoms with Gasteiger partial charge in [0.15, 0.2) is 0 Å². The van der Waals surface area contributed by atoms with Crippen molar-refractivity contribution in [3.63, 3.8) is 0 Å². The smallest absolute Gasteiger partial charge is 0.305 e. The van der Waals surface area contributed by atoms with Crippen molar-refractivity contribution in [3.8, 4) is 0 Å². The van der Waals surface area contributed by atoms with E-state index in [1.54, 1.807) is 6.20 Å². The Morgan fingerprint density at radius 3 is 2.62 bits per heavy atom. The van der Waals surface area contributed by atoms with E-state index >= 15 is 0 Å². The van der Waals surface area contributed by atoms with Crippen LogP contribution < -0.4 is 4.72 Å². The van der Waals surface area contributed by atoms with E-state index in [1.165, 1.54) is 12.1 Å². The molecular weight excluding hydrogens is 517 g/mol. The second kappa shape index (κ2) is 11.0. The first kappa shape index (κ1) is 26.8. The summed E-state index contributed by atoms with van der Waals surface area (Å²) in [6.45, 7) is 0.356. The van der Waals surface area contributed by atoms with Crippen LogP contribution >= 0.6 is 12.4 Å². The Kier molecular flexibility index (Phi) is 7.96. The Morgan fingerprint density at radius 2 is 1.92 bits per heavy atom. The van der Waals surface area contributed by atoms with E-state index in [4.69, 9.17) is 0 Å². The van der Waals surface area contributed by atoms with Crippen molar-refractivity contribution in [2.45, 2.75) is 49.6 Å². The lowest BCUT2D eigenvalue weighted by Gasteiger charge is -2.25. The highest BCUT2D eigenvalue weighted by Gasteiger charge is 2.29. The van der Waals surface area contributed by atoms with E-state index < -0.39 is 21.8 Å². The number of pyridine rings is 1. The minimum absolute atomic E-state index is 0. The van der Waals surface area contributed by atoms with Gasteiger partial charge in [-0.1, -0.05) is 12.1 Å². The number of carboxylic acid groups (broad SMARTS) is 1. The van der Waals surface area contributed by atoms with Gasteiger partial charge in [-0.05, 0) is 84.8 Å². The minimum Gasteiger partial charge on any atom is -0.481 e. The van der Waals surface area contributed by atoms with E-state index in [0.29, 0.717) is 32.2 Å². The molecule has 0 amide bonds. The second-order valence-electron chi connectivity index (χ2n) is 9.13. The van der Waals surface area contributed by atoms with Gasteiger partial charge in [-0.25, -0.2) is 17.5 Å². The zero-order valence-corrected chi connectivity index (χ0v) is 21.6. The maximum Gasteiger partial charge on any atom is 0.305 e. The molecule has 5 rings (SSSR count). The number of rotatable bonds is 8. The van der Waals surface area contributed by atoms with Gasteiger partial charge in [0.05, 0.1) is 11.3 Å². The fourth-order valence-corrected chi connectivity index (χ4v) is 6.28. The Hall–Kier alpha value is -3.27. The van der Waals surface area contributed by atoms with Gasteiger partial charge in [0.1, 0.15) is 5.82 Å². The fourth-order valence-electron chi connectivity index (χ4n) is 5.01. The van der Waals surface area contributed by atoms with E-state index in [1.807, 2.05) is 30.5 Å². The molecular formula is C27H27ClFN3O4S. The molecule has 2 heterocycles. The first-order valence-electron chi connectivity index (χ1n) is 11.8. The number of carbonyl (C=O) groups is 1. The number of nitrogens with zero attached hydrogens (tertiary/aromatic N) is 2. The average Bonchev–Trinajstić information content (AvgIpc) is 3.15. The van der Waals surface area contributed by atoms with Gasteiger partial charge in [0.2, 0.25) is 10.0 Å². The molecule has 1 aliphatic rings. The van der Waals surface area contributed by atoms with Crippen LogP contribution in [0.4, 0.5) is 4.39 Å². The molecule has 0 saturated carbocycles. The first-order chi connectivity index (χ1) is 17.3. The van der Waals surface area contributed by atoms with Gasteiger partial charge in [0.25, 0.3) is 0 Å². The number of carboxylic acids is 1. The largest absolute Gasteiger partial charge is 0.481 e. The molecule has 0 radical (unpaired) electrons. The topological polar surface area (TPSA) is 101 Å². The van der Waals surface area contributed by atoms with Gasteiger partial charge in [0, 0.05) is 41.6 Å².